The zero-order valence-corrected chi connectivity index (χ0v) is 16.2. The van der Waals surface area contributed by atoms with Crippen molar-refractivity contribution in [3.8, 4) is 0 Å². The number of aromatic nitrogens is 1. The predicted molar refractivity (Wildman–Crippen MR) is 104 cm³/mol. The van der Waals surface area contributed by atoms with Gasteiger partial charge in [-0.15, -0.1) is 11.3 Å². The zero-order valence-electron chi connectivity index (χ0n) is 14.7. The fourth-order valence-corrected chi connectivity index (χ4v) is 4.61. The summed E-state index contributed by atoms with van der Waals surface area (Å²) in [6.07, 6.45) is 4.34. The van der Waals surface area contributed by atoms with Gasteiger partial charge in [-0.25, -0.2) is 4.98 Å². The number of nitrogens with zero attached hydrogens (tertiary/aromatic N) is 2. The topological polar surface area (TPSA) is 45.2 Å². The molecular formula is C19H24ClN3OS. The second-order valence-electron chi connectivity index (χ2n) is 6.79. The maximum absolute atomic E-state index is 11.1. The maximum Gasteiger partial charge on any atom is 0.223 e. The lowest BCUT2D eigenvalue weighted by atomic mass is 9.82. The van der Waals surface area contributed by atoms with Crippen LogP contribution >= 0.6 is 22.9 Å². The van der Waals surface area contributed by atoms with E-state index in [2.05, 4.69) is 34.3 Å². The lowest BCUT2D eigenvalue weighted by Gasteiger charge is -2.35. The predicted octanol–water partition coefficient (Wildman–Crippen LogP) is 4.77. The molecular weight excluding hydrogens is 354 g/mol. The van der Waals surface area contributed by atoms with Crippen LogP contribution in [0.3, 0.4) is 0 Å². The van der Waals surface area contributed by atoms with E-state index in [9.17, 15) is 4.79 Å². The van der Waals surface area contributed by atoms with Crippen LogP contribution in [-0.4, -0.2) is 28.9 Å². The SMILES string of the molecule is CC(=O)Nc1ncc(CN2CCCC(C(C)c3cccc(Cl)c3)C2)s1. The van der Waals surface area contributed by atoms with E-state index < -0.39 is 0 Å². The van der Waals surface area contributed by atoms with Gasteiger partial charge in [0.1, 0.15) is 0 Å². The lowest BCUT2D eigenvalue weighted by molar-refractivity contribution is -0.114. The van der Waals surface area contributed by atoms with Crippen LogP contribution in [0.4, 0.5) is 5.13 Å². The van der Waals surface area contributed by atoms with E-state index in [4.69, 9.17) is 11.6 Å². The van der Waals surface area contributed by atoms with E-state index in [1.807, 2.05) is 18.3 Å². The number of rotatable bonds is 5. The minimum Gasteiger partial charge on any atom is -0.302 e. The van der Waals surface area contributed by atoms with Gasteiger partial charge in [-0.05, 0) is 48.9 Å². The van der Waals surface area contributed by atoms with Gasteiger partial charge < -0.3 is 5.32 Å². The van der Waals surface area contributed by atoms with Crippen LogP contribution in [-0.2, 0) is 11.3 Å². The highest BCUT2D eigenvalue weighted by Crippen LogP contribution is 2.33. The molecule has 3 rings (SSSR count). The molecule has 1 aliphatic rings. The van der Waals surface area contributed by atoms with Gasteiger partial charge in [0.15, 0.2) is 5.13 Å². The summed E-state index contributed by atoms with van der Waals surface area (Å²) in [6.45, 7) is 6.91. The summed E-state index contributed by atoms with van der Waals surface area (Å²) in [7, 11) is 0. The van der Waals surface area contributed by atoms with E-state index in [-0.39, 0.29) is 5.91 Å². The molecule has 2 aromatic rings. The Balaban J connectivity index is 1.61. The minimum absolute atomic E-state index is 0.0747. The minimum atomic E-state index is -0.0747. The van der Waals surface area contributed by atoms with E-state index in [1.165, 1.54) is 30.2 Å². The van der Waals surface area contributed by atoms with Crippen molar-refractivity contribution in [2.45, 2.75) is 39.2 Å². The number of hydrogen-bond donors (Lipinski definition) is 1. The van der Waals surface area contributed by atoms with E-state index in [1.54, 1.807) is 11.3 Å². The van der Waals surface area contributed by atoms with Gasteiger partial charge in [-0.2, -0.15) is 0 Å². The van der Waals surface area contributed by atoms with Gasteiger partial charge >= 0.3 is 0 Å². The summed E-state index contributed by atoms with van der Waals surface area (Å²) in [5.41, 5.74) is 1.32. The first-order chi connectivity index (χ1) is 12.0. The van der Waals surface area contributed by atoms with Gasteiger partial charge in [0.2, 0.25) is 5.91 Å². The third-order valence-electron chi connectivity index (χ3n) is 4.84. The fourth-order valence-electron chi connectivity index (χ4n) is 3.51. The molecule has 1 amide bonds. The summed E-state index contributed by atoms with van der Waals surface area (Å²) in [6, 6.07) is 8.24. The first-order valence-electron chi connectivity index (χ1n) is 8.71. The van der Waals surface area contributed by atoms with Gasteiger partial charge in [-0.1, -0.05) is 30.7 Å². The number of thiazole rings is 1. The molecule has 1 saturated heterocycles. The standard InChI is InChI=1S/C19H24ClN3OS/c1-13(15-5-3-7-17(20)9-15)16-6-4-8-23(11-16)12-18-10-21-19(25-18)22-14(2)24/h3,5,7,9-10,13,16H,4,6,8,11-12H2,1-2H3,(H,21,22,24). The van der Waals surface area contributed by atoms with Gasteiger partial charge in [0, 0.05) is 36.1 Å². The van der Waals surface area contributed by atoms with Crippen molar-refractivity contribution in [1.29, 1.82) is 0 Å². The molecule has 0 saturated carbocycles. The molecule has 2 atom stereocenters. The Hall–Kier alpha value is -1.43. The number of hydrogen-bond acceptors (Lipinski definition) is 4. The van der Waals surface area contributed by atoms with Crippen LogP contribution in [0.1, 0.15) is 43.0 Å². The molecule has 0 spiro atoms. The summed E-state index contributed by atoms with van der Waals surface area (Å²) in [5, 5.41) is 4.25. The second kappa shape index (κ2) is 8.30. The highest BCUT2D eigenvalue weighted by atomic mass is 35.5. The summed E-state index contributed by atoms with van der Waals surface area (Å²) < 4.78 is 0. The van der Waals surface area contributed by atoms with Crippen LogP contribution in [0, 0.1) is 5.92 Å². The number of carbonyl (C=O) groups excluding carboxylic acids is 1. The Morgan fingerprint density at radius 1 is 1.52 bits per heavy atom. The highest BCUT2D eigenvalue weighted by molar-refractivity contribution is 7.15. The highest BCUT2D eigenvalue weighted by Gasteiger charge is 2.26. The molecule has 6 heteroatoms. The maximum atomic E-state index is 11.1. The number of halogens is 1. The van der Waals surface area contributed by atoms with Crippen LogP contribution < -0.4 is 5.32 Å². The zero-order chi connectivity index (χ0) is 17.8. The van der Waals surface area contributed by atoms with Crippen molar-refractivity contribution >= 4 is 34.0 Å². The number of likely N-dealkylation sites (tertiary alicyclic amines) is 1. The summed E-state index contributed by atoms with van der Waals surface area (Å²) >= 11 is 7.72. The number of amides is 1. The normalized spacial score (nSPS) is 19.6. The first kappa shape index (κ1) is 18.4. The molecule has 0 aliphatic carbocycles. The number of anilines is 1. The van der Waals surface area contributed by atoms with Crippen molar-refractivity contribution in [1.82, 2.24) is 9.88 Å². The molecule has 2 heterocycles. The van der Waals surface area contributed by atoms with Crippen molar-refractivity contribution < 1.29 is 4.79 Å². The second-order valence-corrected chi connectivity index (χ2v) is 8.35. The lowest BCUT2D eigenvalue weighted by Crippen LogP contribution is -2.36. The van der Waals surface area contributed by atoms with Crippen LogP contribution in [0.15, 0.2) is 30.5 Å². The van der Waals surface area contributed by atoms with E-state index in [0.29, 0.717) is 17.0 Å². The van der Waals surface area contributed by atoms with Crippen LogP contribution in [0.25, 0.3) is 0 Å². The molecule has 0 radical (unpaired) electrons. The van der Waals surface area contributed by atoms with Crippen molar-refractivity contribution in [2.75, 3.05) is 18.4 Å². The molecule has 4 nitrogen and oxygen atoms in total. The number of carbonyl (C=O) groups is 1. The molecule has 134 valence electrons. The van der Waals surface area contributed by atoms with Gasteiger partial charge in [-0.3, -0.25) is 9.69 Å². The number of nitrogens with one attached hydrogen (secondary N) is 1. The molecule has 2 unspecified atom stereocenters. The number of benzene rings is 1. The Bertz CT molecular complexity index is 733. The monoisotopic (exact) mass is 377 g/mol. The third kappa shape index (κ3) is 5.03. The number of piperidine rings is 1. The van der Waals surface area contributed by atoms with Crippen LogP contribution in [0.5, 0.6) is 0 Å². The molecule has 1 aromatic heterocycles. The van der Waals surface area contributed by atoms with Crippen molar-refractivity contribution in [3.05, 3.63) is 45.9 Å². The van der Waals surface area contributed by atoms with Crippen molar-refractivity contribution in [3.63, 3.8) is 0 Å². The Morgan fingerprint density at radius 2 is 2.36 bits per heavy atom. The fraction of sp³-hybridized carbons (Fsp3) is 0.474. The Kier molecular flexibility index (Phi) is 6.10. The quantitative estimate of drug-likeness (QED) is 0.816. The van der Waals surface area contributed by atoms with Crippen LogP contribution in [0.2, 0.25) is 5.02 Å². The average molecular weight is 378 g/mol. The van der Waals surface area contributed by atoms with Crippen molar-refractivity contribution in [2.24, 2.45) is 5.92 Å². The molecule has 0 bridgehead atoms. The first-order valence-corrected chi connectivity index (χ1v) is 9.91. The molecule has 25 heavy (non-hydrogen) atoms. The Morgan fingerprint density at radius 3 is 3.12 bits per heavy atom. The Labute approximate surface area is 158 Å². The smallest absolute Gasteiger partial charge is 0.223 e. The molecule has 1 fully saturated rings. The molecule has 1 aliphatic heterocycles. The van der Waals surface area contributed by atoms with Gasteiger partial charge in [0.05, 0.1) is 0 Å². The average Bonchev–Trinajstić information content (AvgIpc) is 3.00. The van der Waals surface area contributed by atoms with E-state index >= 15 is 0 Å². The van der Waals surface area contributed by atoms with E-state index in [0.717, 1.165) is 24.7 Å². The summed E-state index contributed by atoms with van der Waals surface area (Å²) in [4.78, 5) is 19.1. The largest absolute Gasteiger partial charge is 0.302 e. The van der Waals surface area contributed by atoms with Gasteiger partial charge in [0.25, 0.3) is 0 Å². The molecule has 1 aromatic carbocycles. The molecule has 1 N–H and O–H groups in total. The summed E-state index contributed by atoms with van der Waals surface area (Å²) in [5.74, 6) is 1.06. The third-order valence-corrected chi connectivity index (χ3v) is 5.97.